The molecule has 27 heavy (non-hydrogen) atoms. The number of hydrogen-bond acceptors (Lipinski definition) is 5. The van der Waals surface area contributed by atoms with Crippen LogP contribution in [-0.4, -0.2) is 10.1 Å². The molecule has 4 rings (SSSR count). The minimum absolute atomic E-state index is 0.00242. The molecule has 0 bridgehead atoms. The number of halogens is 1. The third kappa shape index (κ3) is 2.75. The highest BCUT2D eigenvalue weighted by molar-refractivity contribution is 6.30. The first-order chi connectivity index (χ1) is 12.9. The van der Waals surface area contributed by atoms with Crippen molar-refractivity contribution < 1.29 is 9.84 Å². The van der Waals surface area contributed by atoms with Crippen molar-refractivity contribution in [3.63, 3.8) is 0 Å². The number of aryl methyl sites for hydroxylation is 2. The number of phenols is 1. The average molecular weight is 378 g/mol. The van der Waals surface area contributed by atoms with Crippen LogP contribution in [0.15, 0.2) is 47.9 Å². The van der Waals surface area contributed by atoms with Gasteiger partial charge in [0.05, 0.1) is 11.4 Å². The number of hydrogen-bond donors (Lipinski definition) is 2. The second kappa shape index (κ2) is 6.19. The smallest absolute Gasteiger partial charge is 0.205 e. The highest BCUT2D eigenvalue weighted by Gasteiger charge is 2.32. The van der Waals surface area contributed by atoms with Gasteiger partial charge in [-0.05, 0) is 43.2 Å². The Labute approximate surface area is 161 Å². The molecular formula is C21H16ClN3O2. The van der Waals surface area contributed by atoms with Crippen molar-refractivity contribution in [1.82, 2.24) is 4.98 Å². The van der Waals surface area contributed by atoms with Gasteiger partial charge >= 0.3 is 0 Å². The molecule has 5 nitrogen and oxygen atoms in total. The molecule has 6 heteroatoms. The first kappa shape index (κ1) is 17.2. The summed E-state index contributed by atoms with van der Waals surface area (Å²) in [6, 6.07) is 12.9. The fourth-order valence-electron chi connectivity index (χ4n) is 3.59. The minimum atomic E-state index is -0.524. The van der Waals surface area contributed by atoms with Crippen LogP contribution in [0.5, 0.6) is 11.5 Å². The van der Waals surface area contributed by atoms with E-state index >= 15 is 0 Å². The lowest BCUT2D eigenvalue weighted by molar-refractivity contribution is 0.388. The molecule has 0 saturated carbocycles. The summed E-state index contributed by atoms with van der Waals surface area (Å²) in [6.45, 7) is 4.02. The third-order valence-electron chi connectivity index (χ3n) is 4.78. The molecule has 0 fully saturated rings. The lowest BCUT2D eigenvalue weighted by Crippen LogP contribution is -2.21. The SMILES string of the molecule is Cc1cc(C)c2cc(C3C(C#N)=C(N)Oc4cc(O)ccc43)c(Cl)nc2c1. The summed E-state index contributed by atoms with van der Waals surface area (Å²) in [6.07, 6.45) is 0. The number of nitriles is 1. The molecule has 2 aromatic carbocycles. The standard InChI is InChI=1S/C21H16ClN3O2/c1-10-5-11(2)14-8-15(20(22)25-17(14)6-10)19-13-4-3-12(26)7-18(13)27-21(24)16(19)9-23/h3-8,19,26H,24H2,1-2H3. The number of aromatic nitrogens is 1. The van der Waals surface area contributed by atoms with E-state index in [2.05, 4.69) is 17.1 Å². The molecule has 134 valence electrons. The van der Waals surface area contributed by atoms with Gasteiger partial charge in [0.1, 0.15) is 28.3 Å². The van der Waals surface area contributed by atoms with Crippen molar-refractivity contribution in [3.8, 4) is 17.6 Å². The zero-order valence-corrected chi connectivity index (χ0v) is 15.5. The van der Waals surface area contributed by atoms with Crippen molar-refractivity contribution in [3.05, 3.63) is 75.3 Å². The first-order valence-corrected chi connectivity index (χ1v) is 8.74. The second-order valence-corrected chi connectivity index (χ2v) is 7.02. The van der Waals surface area contributed by atoms with Crippen LogP contribution in [0.2, 0.25) is 5.15 Å². The van der Waals surface area contributed by atoms with Crippen LogP contribution in [0.4, 0.5) is 0 Å². The number of nitrogens with two attached hydrogens (primary N) is 1. The van der Waals surface area contributed by atoms with E-state index < -0.39 is 5.92 Å². The van der Waals surface area contributed by atoms with Gasteiger partial charge in [-0.3, -0.25) is 0 Å². The van der Waals surface area contributed by atoms with Crippen LogP contribution in [0.25, 0.3) is 10.9 Å². The molecule has 3 N–H and O–H groups in total. The maximum Gasteiger partial charge on any atom is 0.205 e. The topological polar surface area (TPSA) is 92.2 Å². The van der Waals surface area contributed by atoms with E-state index in [1.807, 2.05) is 26.0 Å². The predicted octanol–water partition coefficient (Wildman–Crippen LogP) is 4.43. The molecular weight excluding hydrogens is 362 g/mol. The highest BCUT2D eigenvalue weighted by atomic mass is 35.5. The van der Waals surface area contributed by atoms with Crippen LogP contribution in [0.1, 0.15) is 28.2 Å². The van der Waals surface area contributed by atoms with Gasteiger partial charge in [0.15, 0.2) is 0 Å². The second-order valence-electron chi connectivity index (χ2n) is 6.66. The number of pyridine rings is 1. The molecule has 1 unspecified atom stereocenters. The lowest BCUT2D eigenvalue weighted by atomic mass is 9.83. The van der Waals surface area contributed by atoms with Crippen LogP contribution >= 0.6 is 11.6 Å². The Balaban J connectivity index is 2.02. The minimum Gasteiger partial charge on any atom is -0.508 e. The average Bonchev–Trinajstić information content (AvgIpc) is 2.60. The summed E-state index contributed by atoms with van der Waals surface area (Å²) in [5, 5.41) is 20.7. The molecule has 0 aliphatic carbocycles. The fourth-order valence-corrected chi connectivity index (χ4v) is 3.84. The maximum absolute atomic E-state index is 9.77. The number of benzene rings is 2. The summed E-state index contributed by atoms with van der Waals surface area (Å²) in [5.41, 5.74) is 10.6. The molecule has 1 aliphatic rings. The Kier molecular flexibility index (Phi) is 3.94. The zero-order chi connectivity index (χ0) is 19.3. The largest absolute Gasteiger partial charge is 0.508 e. The van der Waals surface area contributed by atoms with E-state index in [1.54, 1.807) is 12.1 Å². The molecule has 0 spiro atoms. The molecule has 1 aromatic heterocycles. The van der Waals surface area contributed by atoms with Crippen molar-refractivity contribution in [2.45, 2.75) is 19.8 Å². The number of allylic oxidation sites excluding steroid dienone is 1. The van der Waals surface area contributed by atoms with Crippen LogP contribution in [0, 0.1) is 25.2 Å². The Bertz CT molecular complexity index is 1180. The van der Waals surface area contributed by atoms with Gasteiger partial charge in [-0.15, -0.1) is 0 Å². The summed E-state index contributed by atoms with van der Waals surface area (Å²) in [4.78, 5) is 4.56. The van der Waals surface area contributed by atoms with Crippen molar-refractivity contribution >= 4 is 22.5 Å². The van der Waals surface area contributed by atoms with Crippen molar-refractivity contribution in [2.24, 2.45) is 5.73 Å². The summed E-state index contributed by atoms with van der Waals surface area (Å²) in [7, 11) is 0. The molecule has 0 radical (unpaired) electrons. The van der Waals surface area contributed by atoms with Crippen LogP contribution in [0.3, 0.4) is 0 Å². The maximum atomic E-state index is 9.77. The number of rotatable bonds is 1. The van der Waals surface area contributed by atoms with Gasteiger partial charge in [-0.1, -0.05) is 23.7 Å². The summed E-state index contributed by atoms with van der Waals surface area (Å²) in [5.74, 6) is -0.0788. The number of aromatic hydroxyl groups is 1. The van der Waals surface area contributed by atoms with Gasteiger partial charge < -0.3 is 15.6 Å². The Morgan fingerprint density at radius 2 is 1.96 bits per heavy atom. The molecule has 3 aromatic rings. The van der Waals surface area contributed by atoms with Gasteiger partial charge in [0.25, 0.3) is 0 Å². The summed E-state index contributed by atoms with van der Waals surface area (Å²) >= 11 is 6.53. The first-order valence-electron chi connectivity index (χ1n) is 8.37. The van der Waals surface area contributed by atoms with E-state index in [1.165, 1.54) is 6.07 Å². The molecule has 0 saturated heterocycles. The van der Waals surface area contributed by atoms with E-state index in [-0.39, 0.29) is 17.2 Å². The molecule has 1 aliphatic heterocycles. The van der Waals surface area contributed by atoms with Gasteiger partial charge in [0.2, 0.25) is 5.88 Å². The number of fused-ring (bicyclic) bond motifs is 2. The van der Waals surface area contributed by atoms with Gasteiger partial charge in [-0.2, -0.15) is 5.26 Å². The van der Waals surface area contributed by atoms with Crippen molar-refractivity contribution in [2.75, 3.05) is 0 Å². The predicted molar refractivity (Wildman–Crippen MR) is 104 cm³/mol. The van der Waals surface area contributed by atoms with E-state index in [4.69, 9.17) is 22.1 Å². The molecule has 2 heterocycles. The fraction of sp³-hybridized carbons (Fsp3) is 0.143. The zero-order valence-electron chi connectivity index (χ0n) is 14.7. The Morgan fingerprint density at radius 1 is 1.19 bits per heavy atom. The monoisotopic (exact) mass is 377 g/mol. The molecule has 0 amide bonds. The van der Waals surface area contributed by atoms with Crippen LogP contribution in [-0.2, 0) is 0 Å². The Morgan fingerprint density at radius 3 is 2.70 bits per heavy atom. The number of ether oxygens (including phenoxy) is 1. The molecule has 1 atom stereocenters. The van der Waals surface area contributed by atoms with E-state index in [9.17, 15) is 10.4 Å². The number of phenolic OH excluding ortho intramolecular Hbond substituents is 1. The van der Waals surface area contributed by atoms with Gasteiger partial charge in [-0.25, -0.2) is 4.98 Å². The third-order valence-corrected chi connectivity index (χ3v) is 5.08. The Hall–Kier alpha value is -3.23. The van der Waals surface area contributed by atoms with E-state index in [0.717, 1.165) is 22.0 Å². The number of nitrogens with zero attached hydrogens (tertiary/aromatic N) is 2. The van der Waals surface area contributed by atoms with Gasteiger partial charge in [0, 0.05) is 22.6 Å². The van der Waals surface area contributed by atoms with Crippen LogP contribution < -0.4 is 10.5 Å². The van der Waals surface area contributed by atoms with E-state index in [0.29, 0.717) is 22.0 Å². The summed E-state index contributed by atoms with van der Waals surface area (Å²) < 4.78 is 5.55. The normalized spacial score (nSPS) is 16.0. The van der Waals surface area contributed by atoms with Crippen molar-refractivity contribution in [1.29, 1.82) is 5.26 Å². The quantitative estimate of drug-likeness (QED) is 0.612. The lowest BCUT2D eigenvalue weighted by Gasteiger charge is -2.27. The highest BCUT2D eigenvalue weighted by Crippen LogP contribution is 2.45.